The molecule has 1 aliphatic rings. The maximum Gasteiger partial charge on any atom is 0.234 e. The number of hydrogen-bond donors (Lipinski definition) is 1. The van der Waals surface area contributed by atoms with Crippen LogP contribution >= 0.6 is 0 Å². The Morgan fingerprint density at radius 3 is 2.59 bits per heavy atom. The molecule has 3 rings (SSSR count). The van der Waals surface area contributed by atoms with Crippen molar-refractivity contribution in [2.75, 3.05) is 19.6 Å². The molecule has 6 heteroatoms. The van der Waals surface area contributed by atoms with E-state index >= 15 is 0 Å². The molecule has 0 fully saturated rings. The number of aromatic nitrogens is 2. The highest BCUT2D eigenvalue weighted by Gasteiger charge is 2.36. The summed E-state index contributed by atoms with van der Waals surface area (Å²) in [6.45, 7) is 10.7. The highest BCUT2D eigenvalue weighted by molar-refractivity contribution is 5.78. The quantitative estimate of drug-likeness (QED) is 0.845. The van der Waals surface area contributed by atoms with E-state index in [2.05, 4.69) is 43.0 Å². The summed E-state index contributed by atoms with van der Waals surface area (Å²) in [5.74, 6) is -0.219. The first-order valence-corrected chi connectivity index (χ1v) is 9.67. The molecular weight excluding hydrogens is 343 g/mol. The van der Waals surface area contributed by atoms with Gasteiger partial charge in [-0.05, 0) is 55.6 Å². The minimum Gasteiger partial charge on any atom is -0.348 e. The van der Waals surface area contributed by atoms with Crippen LogP contribution in [0.3, 0.4) is 0 Å². The predicted octanol–water partition coefficient (Wildman–Crippen LogP) is 3.48. The molecular formula is C21H29FN4O. The number of amides is 1. The third kappa shape index (κ3) is 4.38. The largest absolute Gasteiger partial charge is 0.348 e. The molecule has 1 aromatic heterocycles. The van der Waals surface area contributed by atoms with Crippen LogP contribution in [-0.4, -0.2) is 40.2 Å². The average molecular weight is 372 g/mol. The van der Waals surface area contributed by atoms with E-state index in [9.17, 15) is 9.18 Å². The van der Waals surface area contributed by atoms with Crippen molar-refractivity contribution in [1.29, 1.82) is 0 Å². The Labute approximate surface area is 160 Å². The second-order valence-electron chi connectivity index (χ2n) is 8.06. The molecule has 0 spiro atoms. The lowest BCUT2D eigenvalue weighted by Crippen LogP contribution is -2.41. The molecule has 1 aromatic carbocycles. The van der Waals surface area contributed by atoms with Crippen molar-refractivity contribution in [2.45, 2.75) is 46.6 Å². The fourth-order valence-corrected chi connectivity index (χ4v) is 3.87. The zero-order valence-electron chi connectivity index (χ0n) is 16.6. The van der Waals surface area contributed by atoms with Crippen molar-refractivity contribution in [2.24, 2.45) is 5.41 Å². The van der Waals surface area contributed by atoms with Crippen LogP contribution in [0.15, 0.2) is 30.5 Å². The second kappa shape index (κ2) is 7.80. The summed E-state index contributed by atoms with van der Waals surface area (Å²) in [6.07, 6.45) is 3.58. The number of nitrogens with one attached hydrogen (secondary N) is 1. The lowest BCUT2D eigenvalue weighted by atomic mass is 9.74. The smallest absolute Gasteiger partial charge is 0.234 e. The van der Waals surface area contributed by atoms with Crippen LogP contribution < -0.4 is 5.32 Å². The van der Waals surface area contributed by atoms with Gasteiger partial charge in [-0.25, -0.2) is 9.07 Å². The normalized spacial score (nSPS) is 18.4. The van der Waals surface area contributed by atoms with Gasteiger partial charge in [0, 0.05) is 5.56 Å². The number of nitrogens with zero attached hydrogens (tertiary/aromatic N) is 3. The van der Waals surface area contributed by atoms with Gasteiger partial charge in [-0.2, -0.15) is 5.10 Å². The van der Waals surface area contributed by atoms with Crippen LogP contribution in [-0.2, 0) is 11.2 Å². The van der Waals surface area contributed by atoms with Crippen LogP contribution in [0, 0.1) is 11.2 Å². The lowest BCUT2D eigenvalue weighted by molar-refractivity contribution is -0.123. The Hall–Kier alpha value is -2.21. The molecule has 1 amide bonds. The van der Waals surface area contributed by atoms with E-state index in [1.165, 1.54) is 12.1 Å². The average Bonchev–Trinajstić information content (AvgIpc) is 3.03. The number of carbonyl (C=O) groups excluding carboxylic acids is 1. The third-order valence-electron chi connectivity index (χ3n) is 5.35. The van der Waals surface area contributed by atoms with Crippen molar-refractivity contribution in [1.82, 2.24) is 20.0 Å². The van der Waals surface area contributed by atoms with Crippen LogP contribution in [0.25, 0.3) is 5.69 Å². The highest BCUT2D eigenvalue weighted by atomic mass is 19.1. The monoisotopic (exact) mass is 372 g/mol. The van der Waals surface area contributed by atoms with E-state index < -0.39 is 0 Å². The molecule has 1 aliphatic carbocycles. The summed E-state index contributed by atoms with van der Waals surface area (Å²) in [5, 5.41) is 7.76. The first-order chi connectivity index (χ1) is 12.8. The summed E-state index contributed by atoms with van der Waals surface area (Å²) in [4.78, 5) is 14.7. The Morgan fingerprint density at radius 2 is 1.96 bits per heavy atom. The molecule has 2 aromatic rings. The first-order valence-electron chi connectivity index (χ1n) is 9.67. The van der Waals surface area contributed by atoms with E-state index in [4.69, 9.17) is 0 Å². The van der Waals surface area contributed by atoms with Crippen LogP contribution in [0.2, 0.25) is 0 Å². The second-order valence-corrected chi connectivity index (χ2v) is 8.06. The van der Waals surface area contributed by atoms with E-state index in [-0.39, 0.29) is 23.2 Å². The van der Waals surface area contributed by atoms with Crippen LogP contribution in [0.4, 0.5) is 4.39 Å². The number of hydrogen-bond acceptors (Lipinski definition) is 3. The SMILES string of the molecule is CCN(CC)CC(=O)N[C@H]1CC(C)(C)Cc2c1cnn2-c1ccc(F)cc1. The van der Waals surface area contributed by atoms with Gasteiger partial charge >= 0.3 is 0 Å². The summed E-state index contributed by atoms with van der Waals surface area (Å²) in [7, 11) is 0. The Morgan fingerprint density at radius 1 is 1.30 bits per heavy atom. The van der Waals surface area contributed by atoms with Gasteiger partial charge in [-0.15, -0.1) is 0 Å². The molecule has 1 atom stereocenters. The van der Waals surface area contributed by atoms with Gasteiger partial charge < -0.3 is 5.32 Å². The van der Waals surface area contributed by atoms with Crippen LogP contribution in [0.1, 0.15) is 51.4 Å². The number of carbonyl (C=O) groups is 1. The summed E-state index contributed by atoms with van der Waals surface area (Å²) >= 11 is 0. The van der Waals surface area contributed by atoms with Crippen molar-refractivity contribution in [3.05, 3.63) is 47.5 Å². The van der Waals surface area contributed by atoms with Crippen molar-refractivity contribution >= 4 is 5.91 Å². The zero-order chi connectivity index (χ0) is 19.6. The van der Waals surface area contributed by atoms with E-state index in [0.717, 1.165) is 42.9 Å². The molecule has 0 aliphatic heterocycles. The Balaban J connectivity index is 1.87. The van der Waals surface area contributed by atoms with Gasteiger partial charge in [-0.1, -0.05) is 27.7 Å². The first kappa shape index (κ1) is 19.5. The molecule has 0 saturated heterocycles. The minimum absolute atomic E-state index is 0.0396. The van der Waals surface area contributed by atoms with Crippen LogP contribution in [0.5, 0.6) is 0 Å². The highest BCUT2D eigenvalue weighted by Crippen LogP contribution is 2.41. The minimum atomic E-state index is -0.262. The number of rotatable bonds is 6. The topological polar surface area (TPSA) is 50.2 Å². The summed E-state index contributed by atoms with van der Waals surface area (Å²) in [5.41, 5.74) is 3.03. The van der Waals surface area contributed by atoms with Gasteiger partial charge in [-0.3, -0.25) is 9.69 Å². The fraction of sp³-hybridized carbons (Fsp3) is 0.524. The molecule has 0 unspecified atom stereocenters. The Kier molecular flexibility index (Phi) is 5.65. The number of likely N-dealkylation sites (N-methyl/N-ethyl adjacent to an activating group) is 1. The molecule has 1 N–H and O–H groups in total. The predicted molar refractivity (Wildman–Crippen MR) is 104 cm³/mol. The van der Waals surface area contributed by atoms with Crippen molar-refractivity contribution in [3.63, 3.8) is 0 Å². The maximum atomic E-state index is 13.3. The van der Waals surface area contributed by atoms with Crippen molar-refractivity contribution < 1.29 is 9.18 Å². The van der Waals surface area contributed by atoms with Gasteiger partial charge in [0.2, 0.25) is 5.91 Å². The Bertz CT molecular complexity index is 793. The third-order valence-corrected chi connectivity index (χ3v) is 5.35. The molecule has 27 heavy (non-hydrogen) atoms. The van der Waals surface area contributed by atoms with Gasteiger partial charge in [0.25, 0.3) is 0 Å². The molecule has 1 heterocycles. The maximum absolute atomic E-state index is 13.3. The molecule has 5 nitrogen and oxygen atoms in total. The molecule has 146 valence electrons. The number of fused-ring (bicyclic) bond motifs is 1. The zero-order valence-corrected chi connectivity index (χ0v) is 16.6. The van der Waals surface area contributed by atoms with Crippen molar-refractivity contribution in [3.8, 4) is 5.69 Å². The van der Waals surface area contributed by atoms with E-state index in [0.29, 0.717) is 6.54 Å². The van der Waals surface area contributed by atoms with E-state index in [1.54, 1.807) is 12.1 Å². The lowest BCUT2D eigenvalue weighted by Gasteiger charge is -2.36. The molecule has 0 radical (unpaired) electrons. The number of benzene rings is 1. The van der Waals surface area contributed by atoms with Gasteiger partial charge in [0.05, 0.1) is 30.2 Å². The number of halogens is 1. The fourth-order valence-electron chi connectivity index (χ4n) is 3.87. The summed E-state index contributed by atoms with van der Waals surface area (Å²) in [6, 6.07) is 6.30. The standard InChI is InChI=1S/C21H29FN4O/c1-5-25(6-2)14-20(27)24-18-11-21(3,4)12-19-17(18)13-23-26(19)16-9-7-15(22)8-10-16/h7-10,13,18H,5-6,11-12,14H2,1-4H3,(H,24,27)/t18-/m0/s1. The van der Waals surface area contributed by atoms with Gasteiger partial charge in [0.15, 0.2) is 0 Å². The van der Waals surface area contributed by atoms with Gasteiger partial charge in [0.1, 0.15) is 5.82 Å². The molecule has 0 bridgehead atoms. The molecule has 0 saturated carbocycles. The van der Waals surface area contributed by atoms with E-state index in [1.807, 2.05) is 10.9 Å². The summed E-state index contributed by atoms with van der Waals surface area (Å²) < 4.78 is 15.2.